The van der Waals surface area contributed by atoms with Crippen LogP contribution in [0.15, 0.2) is 24.3 Å². The van der Waals surface area contributed by atoms with Crippen LogP contribution in [0, 0.1) is 5.41 Å². The van der Waals surface area contributed by atoms with Crippen LogP contribution in [-0.2, 0) is 19.1 Å². The molecule has 3 saturated heterocycles. The number of benzene rings is 1. The molecule has 4 atom stereocenters. The minimum atomic E-state index is -0.757. The lowest BCUT2D eigenvalue weighted by Gasteiger charge is -2.36. The highest BCUT2D eigenvalue weighted by atomic mass is 16.5. The van der Waals surface area contributed by atoms with Crippen LogP contribution in [0.2, 0.25) is 0 Å². The lowest BCUT2D eigenvalue weighted by Crippen LogP contribution is -2.53. The van der Waals surface area contributed by atoms with Crippen molar-refractivity contribution in [1.29, 1.82) is 0 Å². The molecule has 2 amide bonds. The number of rotatable bonds is 7. The first-order valence-corrected chi connectivity index (χ1v) is 13.5. The number of fused-ring (bicyclic) bond motifs is 1. The molecule has 37 heavy (non-hydrogen) atoms. The van der Waals surface area contributed by atoms with E-state index >= 15 is 0 Å². The Balaban J connectivity index is 1.26. The SMILES string of the molecule is CO[C@@H]1CN(C(=O)C(CC(C)(C)C)NC(=O)c2ccc(N3CCN(C4CC4)CC3)cc2)[C@@H]2C(=O)CO[C@@H]21. The van der Waals surface area contributed by atoms with Gasteiger partial charge in [-0.2, -0.15) is 0 Å². The van der Waals surface area contributed by atoms with E-state index in [2.05, 4.69) is 15.1 Å². The summed E-state index contributed by atoms with van der Waals surface area (Å²) in [5.41, 5.74) is 1.42. The summed E-state index contributed by atoms with van der Waals surface area (Å²) < 4.78 is 11.1. The number of anilines is 1. The van der Waals surface area contributed by atoms with Crippen molar-refractivity contribution in [3.63, 3.8) is 0 Å². The minimum absolute atomic E-state index is 0.0166. The molecule has 0 bridgehead atoms. The number of carbonyl (C=O) groups excluding carboxylic acids is 3. The lowest BCUT2D eigenvalue weighted by atomic mass is 9.87. The molecular weight excluding hydrogens is 472 g/mol. The van der Waals surface area contributed by atoms with Crippen molar-refractivity contribution in [1.82, 2.24) is 15.1 Å². The number of ether oxygens (including phenoxy) is 2. The predicted octanol–water partition coefficient (Wildman–Crippen LogP) is 1.70. The standard InChI is InChI=1S/C28H40N4O5/c1-28(2,3)15-21(27(35)32-16-23(36-4)25-24(32)22(33)17-37-25)29-26(34)18-5-7-19(8-6-18)30-11-13-31(14-12-30)20-9-10-20/h5-8,20-21,23-25H,9-17H2,1-4H3,(H,29,34)/t21?,23-,24-,25-/m1/s1. The summed E-state index contributed by atoms with van der Waals surface area (Å²) in [6, 6.07) is 7.03. The predicted molar refractivity (Wildman–Crippen MR) is 140 cm³/mol. The fraction of sp³-hybridized carbons (Fsp3) is 0.679. The Morgan fingerprint density at radius 2 is 1.78 bits per heavy atom. The highest BCUT2D eigenvalue weighted by molar-refractivity contribution is 5.99. The number of nitrogens with zero attached hydrogens (tertiary/aromatic N) is 3. The smallest absolute Gasteiger partial charge is 0.251 e. The van der Waals surface area contributed by atoms with Crippen LogP contribution in [0.4, 0.5) is 5.69 Å². The zero-order chi connectivity index (χ0) is 26.3. The summed E-state index contributed by atoms with van der Waals surface area (Å²) in [7, 11) is 1.56. The first-order valence-electron chi connectivity index (χ1n) is 13.5. The Hall–Kier alpha value is -2.49. The van der Waals surface area contributed by atoms with Crippen LogP contribution in [0.5, 0.6) is 0 Å². The van der Waals surface area contributed by atoms with Crippen LogP contribution < -0.4 is 10.2 Å². The number of amides is 2. The van der Waals surface area contributed by atoms with Crippen molar-refractivity contribution in [2.45, 2.75) is 70.4 Å². The summed E-state index contributed by atoms with van der Waals surface area (Å²) in [4.78, 5) is 46.0. The third-order valence-corrected chi connectivity index (χ3v) is 8.02. The van der Waals surface area contributed by atoms with E-state index in [1.54, 1.807) is 12.0 Å². The average molecular weight is 513 g/mol. The van der Waals surface area contributed by atoms with Gasteiger partial charge < -0.3 is 24.6 Å². The number of methoxy groups -OCH3 is 1. The molecule has 9 nitrogen and oxygen atoms in total. The molecule has 0 aromatic heterocycles. The van der Waals surface area contributed by atoms with Crippen LogP contribution in [-0.4, -0.2) is 104 Å². The van der Waals surface area contributed by atoms with Gasteiger partial charge in [0, 0.05) is 50.6 Å². The molecule has 202 valence electrons. The largest absolute Gasteiger partial charge is 0.377 e. The van der Waals surface area contributed by atoms with E-state index in [1.165, 1.54) is 12.8 Å². The molecule has 9 heteroatoms. The Labute approximate surface area is 219 Å². The maximum Gasteiger partial charge on any atom is 0.251 e. The Bertz CT molecular complexity index is 1010. The second-order valence-electron chi connectivity index (χ2n) is 12.0. The quantitative estimate of drug-likeness (QED) is 0.595. The van der Waals surface area contributed by atoms with Crippen molar-refractivity contribution < 1.29 is 23.9 Å². The Kier molecular flexibility index (Phi) is 7.31. The molecule has 1 unspecified atom stereocenters. The Morgan fingerprint density at radius 3 is 2.38 bits per heavy atom. The second-order valence-corrected chi connectivity index (χ2v) is 12.0. The van der Waals surface area contributed by atoms with Crippen molar-refractivity contribution in [2.24, 2.45) is 5.41 Å². The van der Waals surface area contributed by atoms with E-state index in [0.29, 0.717) is 12.0 Å². The molecule has 0 radical (unpaired) electrons. The summed E-state index contributed by atoms with van der Waals surface area (Å²) in [6.07, 6.45) is 2.30. The fourth-order valence-corrected chi connectivity index (χ4v) is 5.91. The molecular formula is C28H40N4O5. The molecule has 3 heterocycles. The van der Waals surface area contributed by atoms with Crippen molar-refractivity contribution in [2.75, 3.05) is 51.3 Å². The van der Waals surface area contributed by atoms with E-state index in [9.17, 15) is 14.4 Å². The van der Waals surface area contributed by atoms with Crippen molar-refractivity contribution in [3.05, 3.63) is 29.8 Å². The van der Waals surface area contributed by atoms with Crippen LogP contribution in [0.1, 0.15) is 50.4 Å². The highest BCUT2D eigenvalue weighted by Gasteiger charge is 2.53. The van der Waals surface area contributed by atoms with Gasteiger partial charge in [-0.05, 0) is 48.9 Å². The molecule has 4 fully saturated rings. The number of carbonyl (C=O) groups is 3. The molecule has 0 spiro atoms. The van der Waals surface area contributed by atoms with Crippen molar-refractivity contribution in [3.8, 4) is 0 Å². The molecule has 5 rings (SSSR count). The molecule has 1 saturated carbocycles. The number of Topliss-reactive ketones (excluding diaryl/α,β-unsaturated/α-hetero) is 1. The molecule has 3 aliphatic heterocycles. The third kappa shape index (κ3) is 5.68. The number of hydrogen-bond acceptors (Lipinski definition) is 7. The van der Waals surface area contributed by atoms with E-state index < -0.39 is 18.2 Å². The summed E-state index contributed by atoms with van der Waals surface area (Å²) in [5.74, 6) is -0.671. The van der Waals surface area contributed by atoms with Crippen molar-refractivity contribution >= 4 is 23.3 Å². The Morgan fingerprint density at radius 1 is 1.11 bits per heavy atom. The van der Waals surface area contributed by atoms with Gasteiger partial charge in [0.2, 0.25) is 5.91 Å². The maximum absolute atomic E-state index is 13.7. The zero-order valence-electron chi connectivity index (χ0n) is 22.4. The van der Waals surface area contributed by atoms with Gasteiger partial charge in [0.15, 0.2) is 5.78 Å². The summed E-state index contributed by atoms with van der Waals surface area (Å²) >= 11 is 0. The fourth-order valence-electron chi connectivity index (χ4n) is 5.91. The van der Waals surface area contributed by atoms with E-state index in [4.69, 9.17) is 9.47 Å². The van der Waals surface area contributed by atoms with Gasteiger partial charge in [-0.1, -0.05) is 20.8 Å². The highest BCUT2D eigenvalue weighted by Crippen LogP contribution is 2.32. The summed E-state index contributed by atoms with van der Waals surface area (Å²) in [6.45, 7) is 10.5. The lowest BCUT2D eigenvalue weighted by molar-refractivity contribution is -0.138. The van der Waals surface area contributed by atoms with E-state index in [0.717, 1.165) is 37.9 Å². The van der Waals surface area contributed by atoms with Crippen LogP contribution in [0.3, 0.4) is 0 Å². The van der Waals surface area contributed by atoms with Gasteiger partial charge in [-0.3, -0.25) is 19.3 Å². The maximum atomic E-state index is 13.7. The topological polar surface area (TPSA) is 91.4 Å². The number of hydrogen-bond donors (Lipinski definition) is 1. The second kappa shape index (κ2) is 10.3. The van der Waals surface area contributed by atoms with Gasteiger partial charge >= 0.3 is 0 Å². The third-order valence-electron chi connectivity index (χ3n) is 8.02. The number of likely N-dealkylation sites (tertiary alicyclic amines) is 1. The first kappa shape index (κ1) is 26.1. The van der Waals surface area contributed by atoms with Gasteiger partial charge in [0.1, 0.15) is 30.9 Å². The normalized spacial score (nSPS) is 27.4. The van der Waals surface area contributed by atoms with Crippen LogP contribution >= 0.6 is 0 Å². The molecule has 1 aliphatic carbocycles. The number of nitrogens with one attached hydrogen (secondary N) is 1. The van der Waals surface area contributed by atoms with Crippen LogP contribution in [0.25, 0.3) is 0 Å². The van der Waals surface area contributed by atoms with Gasteiger partial charge in [-0.25, -0.2) is 0 Å². The summed E-state index contributed by atoms with van der Waals surface area (Å²) in [5, 5.41) is 2.97. The number of ketones is 1. The average Bonchev–Trinajstić information content (AvgIpc) is 3.56. The van der Waals surface area contributed by atoms with Gasteiger partial charge in [-0.15, -0.1) is 0 Å². The molecule has 1 aromatic carbocycles. The molecule has 4 aliphatic rings. The minimum Gasteiger partial charge on any atom is -0.377 e. The van der Waals surface area contributed by atoms with Gasteiger partial charge in [0.25, 0.3) is 5.91 Å². The molecule has 1 N–H and O–H groups in total. The van der Waals surface area contributed by atoms with Gasteiger partial charge in [0.05, 0.1) is 6.54 Å². The first-order chi connectivity index (χ1) is 17.6. The monoisotopic (exact) mass is 512 g/mol. The van der Waals surface area contributed by atoms with E-state index in [-0.39, 0.29) is 42.3 Å². The zero-order valence-corrected chi connectivity index (χ0v) is 22.4. The molecule has 1 aromatic rings. The van der Waals surface area contributed by atoms with E-state index in [1.807, 2.05) is 45.0 Å². The number of piperazine rings is 1.